The van der Waals surface area contributed by atoms with Crippen molar-refractivity contribution in [3.05, 3.63) is 22.1 Å². The van der Waals surface area contributed by atoms with Crippen molar-refractivity contribution in [3.8, 4) is 0 Å². The molecule has 1 N–H and O–H groups in total. The number of halogens is 2. The van der Waals surface area contributed by atoms with Crippen molar-refractivity contribution >= 4 is 34.2 Å². The Labute approximate surface area is 83.1 Å². The number of hydrogen-bond donors (Lipinski definition) is 1. The van der Waals surface area contributed by atoms with Gasteiger partial charge in [-0.05, 0) is 6.07 Å². The van der Waals surface area contributed by atoms with Crippen molar-refractivity contribution in [1.82, 2.24) is 10.2 Å². The van der Waals surface area contributed by atoms with Gasteiger partial charge in [0.1, 0.15) is 12.4 Å². The monoisotopic (exact) mass is 218 g/mol. The highest BCUT2D eigenvalue weighted by atomic mass is 35.5. The van der Waals surface area contributed by atoms with Crippen LogP contribution in [0.5, 0.6) is 0 Å². The van der Waals surface area contributed by atoms with Gasteiger partial charge in [-0.2, -0.15) is 0 Å². The standard InChI is InChI=1S/C7H4Cl2N2O2/c8-6-4-1-3(2-12)13-5(4)7(9)11-10-6/h1,12H,2H2. The number of aliphatic hydroxyl groups is 1. The fourth-order valence-electron chi connectivity index (χ4n) is 1.01. The van der Waals surface area contributed by atoms with Crippen LogP contribution in [0, 0.1) is 0 Å². The van der Waals surface area contributed by atoms with Gasteiger partial charge >= 0.3 is 0 Å². The largest absolute Gasteiger partial charge is 0.455 e. The molecule has 0 aliphatic heterocycles. The van der Waals surface area contributed by atoms with Crippen molar-refractivity contribution in [2.45, 2.75) is 6.61 Å². The van der Waals surface area contributed by atoms with Crippen LogP contribution in [0.25, 0.3) is 11.0 Å². The van der Waals surface area contributed by atoms with Crippen LogP contribution in [-0.4, -0.2) is 15.3 Å². The van der Waals surface area contributed by atoms with Gasteiger partial charge in [-0.3, -0.25) is 0 Å². The Hall–Kier alpha value is -0.840. The lowest BCUT2D eigenvalue weighted by Gasteiger charge is -1.91. The third-order valence-corrected chi connectivity index (χ3v) is 2.10. The van der Waals surface area contributed by atoms with Crippen molar-refractivity contribution in [2.24, 2.45) is 0 Å². The van der Waals surface area contributed by atoms with Crippen LogP contribution in [0.1, 0.15) is 5.76 Å². The number of aliphatic hydroxyl groups excluding tert-OH is 1. The Bertz CT molecular complexity index is 416. The minimum atomic E-state index is -0.207. The number of furan rings is 1. The third-order valence-electron chi connectivity index (χ3n) is 1.57. The summed E-state index contributed by atoms with van der Waals surface area (Å²) < 4.78 is 5.16. The second kappa shape index (κ2) is 3.14. The summed E-state index contributed by atoms with van der Waals surface area (Å²) in [6.45, 7) is -0.207. The van der Waals surface area contributed by atoms with Crippen molar-refractivity contribution in [1.29, 1.82) is 0 Å². The molecule has 0 unspecified atom stereocenters. The molecule has 2 aromatic rings. The van der Waals surface area contributed by atoms with Gasteiger partial charge < -0.3 is 9.52 Å². The molecule has 2 heterocycles. The van der Waals surface area contributed by atoms with Crippen LogP contribution in [0.4, 0.5) is 0 Å². The summed E-state index contributed by atoms with van der Waals surface area (Å²) in [5, 5.41) is 16.9. The number of fused-ring (bicyclic) bond motifs is 1. The van der Waals surface area contributed by atoms with Crippen LogP contribution in [0.2, 0.25) is 10.3 Å². The Morgan fingerprint density at radius 2 is 2.00 bits per heavy atom. The molecule has 0 fully saturated rings. The van der Waals surface area contributed by atoms with Gasteiger partial charge in [-0.25, -0.2) is 0 Å². The van der Waals surface area contributed by atoms with E-state index in [1.54, 1.807) is 6.07 Å². The molecule has 68 valence electrons. The van der Waals surface area contributed by atoms with E-state index in [1.807, 2.05) is 0 Å². The van der Waals surface area contributed by atoms with E-state index in [1.165, 1.54) is 0 Å². The highest BCUT2D eigenvalue weighted by Crippen LogP contribution is 2.28. The van der Waals surface area contributed by atoms with E-state index in [9.17, 15) is 0 Å². The van der Waals surface area contributed by atoms with Crippen LogP contribution in [-0.2, 0) is 6.61 Å². The molecule has 0 aromatic carbocycles. The van der Waals surface area contributed by atoms with Gasteiger partial charge in [0.25, 0.3) is 0 Å². The average molecular weight is 219 g/mol. The molecule has 6 heteroatoms. The van der Waals surface area contributed by atoms with Crippen LogP contribution < -0.4 is 0 Å². The molecule has 0 aliphatic rings. The van der Waals surface area contributed by atoms with E-state index < -0.39 is 0 Å². The van der Waals surface area contributed by atoms with E-state index in [0.29, 0.717) is 16.7 Å². The summed E-state index contributed by atoms with van der Waals surface area (Å²) in [5.74, 6) is 0.383. The summed E-state index contributed by atoms with van der Waals surface area (Å²) in [5.41, 5.74) is 0.353. The Balaban J connectivity index is 2.80. The van der Waals surface area contributed by atoms with Crippen LogP contribution in [0.15, 0.2) is 10.5 Å². The molecule has 0 spiro atoms. The SMILES string of the molecule is OCc1cc2c(Cl)nnc(Cl)c2o1. The molecule has 0 amide bonds. The lowest BCUT2D eigenvalue weighted by molar-refractivity contribution is 0.251. The number of aromatic nitrogens is 2. The third kappa shape index (κ3) is 1.37. The molecule has 4 nitrogen and oxygen atoms in total. The second-order valence-electron chi connectivity index (χ2n) is 2.40. The molecular formula is C7H4Cl2N2O2. The molecule has 2 aromatic heterocycles. The van der Waals surface area contributed by atoms with E-state index in [4.69, 9.17) is 32.7 Å². The Kier molecular flexibility index (Phi) is 2.11. The Morgan fingerprint density at radius 3 is 2.62 bits per heavy atom. The van der Waals surface area contributed by atoms with Gasteiger partial charge in [0.2, 0.25) is 0 Å². The molecule has 0 aliphatic carbocycles. The highest BCUT2D eigenvalue weighted by Gasteiger charge is 2.11. The zero-order valence-corrected chi connectivity index (χ0v) is 7.80. The lowest BCUT2D eigenvalue weighted by atomic mass is 10.3. The summed E-state index contributed by atoms with van der Waals surface area (Å²) in [6.07, 6.45) is 0. The predicted molar refractivity (Wildman–Crippen MR) is 47.7 cm³/mol. The first-order valence-corrected chi connectivity index (χ1v) is 4.19. The zero-order valence-electron chi connectivity index (χ0n) is 6.29. The lowest BCUT2D eigenvalue weighted by Crippen LogP contribution is -1.82. The smallest absolute Gasteiger partial charge is 0.195 e. The number of hydrogen-bond acceptors (Lipinski definition) is 4. The van der Waals surface area contributed by atoms with Crippen molar-refractivity contribution in [3.63, 3.8) is 0 Å². The van der Waals surface area contributed by atoms with Gasteiger partial charge in [-0.15, -0.1) is 10.2 Å². The maximum absolute atomic E-state index is 8.80. The molecule has 2 rings (SSSR count). The van der Waals surface area contributed by atoms with Gasteiger partial charge in [0.05, 0.1) is 5.39 Å². The first-order valence-electron chi connectivity index (χ1n) is 3.43. The van der Waals surface area contributed by atoms with E-state index in [0.717, 1.165) is 0 Å². The fraction of sp³-hybridized carbons (Fsp3) is 0.143. The molecule has 0 saturated heterocycles. The molecule has 0 radical (unpaired) electrons. The molecular weight excluding hydrogens is 215 g/mol. The van der Waals surface area contributed by atoms with E-state index in [2.05, 4.69) is 10.2 Å². The molecule has 0 bridgehead atoms. The maximum Gasteiger partial charge on any atom is 0.195 e. The predicted octanol–water partition coefficient (Wildman–Crippen LogP) is 2.02. The van der Waals surface area contributed by atoms with Crippen molar-refractivity contribution < 1.29 is 9.52 Å². The summed E-state index contributed by atoms with van der Waals surface area (Å²) >= 11 is 11.4. The van der Waals surface area contributed by atoms with Gasteiger partial charge in [0, 0.05) is 0 Å². The highest BCUT2D eigenvalue weighted by molar-refractivity contribution is 6.37. The minimum Gasteiger partial charge on any atom is -0.455 e. The minimum absolute atomic E-state index is 0.138. The fourth-order valence-corrected chi connectivity index (χ4v) is 1.37. The van der Waals surface area contributed by atoms with E-state index in [-0.39, 0.29) is 16.9 Å². The first-order chi connectivity index (χ1) is 6.22. The summed E-state index contributed by atoms with van der Waals surface area (Å²) in [4.78, 5) is 0. The zero-order chi connectivity index (χ0) is 9.42. The van der Waals surface area contributed by atoms with Crippen molar-refractivity contribution in [2.75, 3.05) is 0 Å². The van der Waals surface area contributed by atoms with Gasteiger partial charge in [0.15, 0.2) is 15.9 Å². The molecule has 0 saturated carbocycles. The second-order valence-corrected chi connectivity index (χ2v) is 3.11. The summed E-state index contributed by atoms with van der Waals surface area (Å²) in [6, 6.07) is 1.58. The first kappa shape index (κ1) is 8.74. The number of nitrogens with zero attached hydrogens (tertiary/aromatic N) is 2. The topological polar surface area (TPSA) is 59.2 Å². The van der Waals surface area contributed by atoms with Crippen LogP contribution >= 0.6 is 23.2 Å². The normalized spacial score (nSPS) is 11.0. The molecule has 0 atom stereocenters. The quantitative estimate of drug-likeness (QED) is 0.796. The van der Waals surface area contributed by atoms with Gasteiger partial charge in [-0.1, -0.05) is 23.2 Å². The number of rotatable bonds is 1. The summed E-state index contributed by atoms with van der Waals surface area (Å²) in [7, 11) is 0. The molecule has 13 heavy (non-hydrogen) atoms. The van der Waals surface area contributed by atoms with Crippen LogP contribution in [0.3, 0.4) is 0 Å². The van der Waals surface area contributed by atoms with E-state index >= 15 is 0 Å². The maximum atomic E-state index is 8.80. The average Bonchev–Trinajstić information content (AvgIpc) is 2.56. The Morgan fingerprint density at radius 1 is 1.31 bits per heavy atom.